The maximum atomic E-state index is 13.0. The maximum Gasteiger partial charge on any atom is 0.126 e. The molecule has 2 N–H and O–H groups in total. The highest BCUT2D eigenvalue weighted by atomic mass is 19.1. The van der Waals surface area contributed by atoms with Crippen LogP contribution in [0.5, 0.6) is 11.5 Å². The standard InChI is InChI=1S/C14H14FNO2/c1-17-14-6-10(5-12(16)8-14)9-18-13-4-2-3-11(15)7-13/h2-8H,9,16H2,1H3. The van der Waals surface area contributed by atoms with E-state index in [0.29, 0.717) is 23.8 Å². The molecule has 0 radical (unpaired) electrons. The lowest BCUT2D eigenvalue weighted by atomic mass is 10.2. The van der Waals surface area contributed by atoms with Crippen molar-refractivity contribution in [2.45, 2.75) is 6.61 Å². The maximum absolute atomic E-state index is 13.0. The minimum Gasteiger partial charge on any atom is -0.497 e. The first-order valence-electron chi connectivity index (χ1n) is 5.49. The average Bonchev–Trinajstić information content (AvgIpc) is 2.36. The molecule has 2 aromatic rings. The molecule has 18 heavy (non-hydrogen) atoms. The molecule has 0 atom stereocenters. The van der Waals surface area contributed by atoms with Gasteiger partial charge in [-0.25, -0.2) is 4.39 Å². The van der Waals surface area contributed by atoms with Gasteiger partial charge in [0.25, 0.3) is 0 Å². The number of hydrogen-bond donors (Lipinski definition) is 1. The summed E-state index contributed by atoms with van der Waals surface area (Å²) in [6.07, 6.45) is 0. The Hall–Kier alpha value is -2.23. The number of hydrogen-bond acceptors (Lipinski definition) is 3. The molecule has 0 saturated heterocycles. The molecule has 0 amide bonds. The summed E-state index contributed by atoms with van der Waals surface area (Å²) in [5.41, 5.74) is 7.21. The highest BCUT2D eigenvalue weighted by molar-refractivity contribution is 5.47. The van der Waals surface area contributed by atoms with Gasteiger partial charge in [-0.15, -0.1) is 0 Å². The highest BCUT2D eigenvalue weighted by Crippen LogP contribution is 2.20. The summed E-state index contributed by atoms with van der Waals surface area (Å²) in [4.78, 5) is 0. The van der Waals surface area contributed by atoms with Crippen molar-refractivity contribution in [2.75, 3.05) is 12.8 Å². The van der Waals surface area contributed by atoms with Crippen LogP contribution in [-0.4, -0.2) is 7.11 Å². The van der Waals surface area contributed by atoms with Crippen molar-refractivity contribution in [3.63, 3.8) is 0 Å². The third kappa shape index (κ3) is 3.13. The smallest absolute Gasteiger partial charge is 0.126 e. The first-order valence-corrected chi connectivity index (χ1v) is 5.49. The van der Waals surface area contributed by atoms with Crippen molar-refractivity contribution >= 4 is 5.69 Å². The van der Waals surface area contributed by atoms with Crippen LogP contribution in [0.1, 0.15) is 5.56 Å². The third-order valence-electron chi connectivity index (χ3n) is 2.43. The fourth-order valence-electron chi connectivity index (χ4n) is 1.61. The van der Waals surface area contributed by atoms with Gasteiger partial charge in [-0.05, 0) is 29.8 Å². The van der Waals surface area contributed by atoms with E-state index in [1.54, 1.807) is 31.4 Å². The molecule has 0 saturated carbocycles. The van der Waals surface area contributed by atoms with Crippen molar-refractivity contribution in [2.24, 2.45) is 0 Å². The molecule has 94 valence electrons. The van der Waals surface area contributed by atoms with E-state index in [2.05, 4.69) is 0 Å². The van der Waals surface area contributed by atoms with E-state index in [1.165, 1.54) is 12.1 Å². The predicted molar refractivity (Wildman–Crippen MR) is 68.1 cm³/mol. The molecule has 0 fully saturated rings. The minimum atomic E-state index is -0.322. The van der Waals surface area contributed by atoms with E-state index >= 15 is 0 Å². The zero-order valence-electron chi connectivity index (χ0n) is 10.0. The van der Waals surface area contributed by atoms with Crippen LogP contribution in [0.3, 0.4) is 0 Å². The Labute approximate surface area is 105 Å². The molecule has 2 rings (SSSR count). The molecular formula is C14H14FNO2. The molecule has 4 heteroatoms. The van der Waals surface area contributed by atoms with Crippen LogP contribution in [0.2, 0.25) is 0 Å². The van der Waals surface area contributed by atoms with Crippen LogP contribution < -0.4 is 15.2 Å². The van der Waals surface area contributed by atoms with Gasteiger partial charge in [0, 0.05) is 17.8 Å². The zero-order chi connectivity index (χ0) is 13.0. The summed E-state index contributed by atoms with van der Waals surface area (Å²) >= 11 is 0. The number of methoxy groups -OCH3 is 1. The Kier molecular flexibility index (Phi) is 3.67. The second-order valence-electron chi connectivity index (χ2n) is 3.86. The molecule has 2 aromatic carbocycles. The molecule has 0 aliphatic rings. The number of nitrogens with two attached hydrogens (primary N) is 1. The number of ether oxygens (including phenoxy) is 2. The summed E-state index contributed by atoms with van der Waals surface area (Å²) in [6.45, 7) is 0.310. The van der Waals surface area contributed by atoms with Crippen molar-refractivity contribution < 1.29 is 13.9 Å². The number of halogens is 1. The van der Waals surface area contributed by atoms with E-state index in [9.17, 15) is 4.39 Å². The second-order valence-corrected chi connectivity index (χ2v) is 3.86. The van der Waals surface area contributed by atoms with Crippen molar-refractivity contribution in [1.29, 1.82) is 0 Å². The summed E-state index contributed by atoms with van der Waals surface area (Å²) < 4.78 is 23.5. The van der Waals surface area contributed by atoms with E-state index in [0.717, 1.165) is 5.56 Å². The van der Waals surface area contributed by atoms with Gasteiger partial charge in [0.15, 0.2) is 0 Å². The van der Waals surface area contributed by atoms with Crippen LogP contribution in [-0.2, 0) is 6.61 Å². The average molecular weight is 247 g/mol. The highest BCUT2D eigenvalue weighted by Gasteiger charge is 2.01. The fraction of sp³-hybridized carbons (Fsp3) is 0.143. The summed E-state index contributed by atoms with van der Waals surface area (Å²) in [5.74, 6) is 0.835. The molecule has 0 aromatic heterocycles. The molecule has 3 nitrogen and oxygen atoms in total. The zero-order valence-corrected chi connectivity index (χ0v) is 10.0. The molecule has 0 aliphatic heterocycles. The van der Waals surface area contributed by atoms with Gasteiger partial charge in [-0.3, -0.25) is 0 Å². The number of benzene rings is 2. The first-order chi connectivity index (χ1) is 8.67. The second kappa shape index (κ2) is 5.40. The van der Waals surface area contributed by atoms with Crippen LogP contribution in [0.15, 0.2) is 42.5 Å². The lowest BCUT2D eigenvalue weighted by Gasteiger charge is -2.09. The van der Waals surface area contributed by atoms with E-state index in [-0.39, 0.29) is 5.82 Å². The quantitative estimate of drug-likeness (QED) is 0.845. The van der Waals surface area contributed by atoms with Gasteiger partial charge in [0.05, 0.1) is 7.11 Å². The molecule has 0 spiro atoms. The lowest BCUT2D eigenvalue weighted by Crippen LogP contribution is -1.98. The van der Waals surface area contributed by atoms with Crippen LogP contribution in [0.25, 0.3) is 0 Å². The summed E-state index contributed by atoms with van der Waals surface area (Å²) in [7, 11) is 1.58. The van der Waals surface area contributed by atoms with Gasteiger partial charge in [0.2, 0.25) is 0 Å². The largest absolute Gasteiger partial charge is 0.497 e. The molecular weight excluding hydrogens is 233 g/mol. The monoisotopic (exact) mass is 247 g/mol. The number of anilines is 1. The molecule has 0 aliphatic carbocycles. The van der Waals surface area contributed by atoms with Crippen LogP contribution in [0.4, 0.5) is 10.1 Å². The van der Waals surface area contributed by atoms with Crippen molar-refractivity contribution in [3.8, 4) is 11.5 Å². The molecule has 0 bridgehead atoms. The van der Waals surface area contributed by atoms with Gasteiger partial charge in [0.1, 0.15) is 23.9 Å². The van der Waals surface area contributed by atoms with Crippen LogP contribution in [0, 0.1) is 5.82 Å². The SMILES string of the molecule is COc1cc(N)cc(COc2cccc(F)c2)c1. The van der Waals surface area contributed by atoms with Gasteiger partial charge >= 0.3 is 0 Å². The van der Waals surface area contributed by atoms with Crippen LogP contribution >= 0.6 is 0 Å². The topological polar surface area (TPSA) is 44.5 Å². The van der Waals surface area contributed by atoms with E-state index < -0.39 is 0 Å². The molecule has 0 heterocycles. The number of rotatable bonds is 4. The van der Waals surface area contributed by atoms with Gasteiger partial charge in [-0.2, -0.15) is 0 Å². The Morgan fingerprint density at radius 2 is 1.94 bits per heavy atom. The normalized spacial score (nSPS) is 10.1. The molecule has 0 unspecified atom stereocenters. The first kappa shape index (κ1) is 12.2. The third-order valence-corrected chi connectivity index (χ3v) is 2.43. The summed E-state index contributed by atoms with van der Waals surface area (Å²) in [6, 6.07) is 11.4. The van der Waals surface area contributed by atoms with Gasteiger partial charge in [-0.1, -0.05) is 6.07 Å². The Morgan fingerprint density at radius 1 is 1.11 bits per heavy atom. The lowest BCUT2D eigenvalue weighted by molar-refractivity contribution is 0.303. The Morgan fingerprint density at radius 3 is 2.67 bits per heavy atom. The number of nitrogen functional groups attached to an aromatic ring is 1. The van der Waals surface area contributed by atoms with Crippen molar-refractivity contribution in [3.05, 3.63) is 53.8 Å². The van der Waals surface area contributed by atoms with E-state index in [1.807, 2.05) is 6.07 Å². The van der Waals surface area contributed by atoms with Crippen molar-refractivity contribution in [1.82, 2.24) is 0 Å². The van der Waals surface area contributed by atoms with E-state index in [4.69, 9.17) is 15.2 Å². The predicted octanol–water partition coefficient (Wildman–Crippen LogP) is 3.00. The van der Waals surface area contributed by atoms with Gasteiger partial charge < -0.3 is 15.2 Å². The minimum absolute atomic E-state index is 0.310. The fourth-order valence-corrected chi connectivity index (χ4v) is 1.61. The Balaban J connectivity index is 2.08. The summed E-state index contributed by atoms with van der Waals surface area (Å²) in [5, 5.41) is 0. The Bertz CT molecular complexity index is 543.